The molecule has 0 saturated carbocycles. The van der Waals surface area contributed by atoms with Gasteiger partial charge in [0.15, 0.2) is 0 Å². The van der Waals surface area contributed by atoms with E-state index in [0.29, 0.717) is 18.8 Å². The van der Waals surface area contributed by atoms with Crippen LogP contribution in [0.4, 0.5) is 10.1 Å². The van der Waals surface area contributed by atoms with Crippen molar-refractivity contribution in [3.63, 3.8) is 0 Å². The van der Waals surface area contributed by atoms with Gasteiger partial charge in [-0.15, -0.1) is 11.8 Å². The van der Waals surface area contributed by atoms with Crippen LogP contribution in [0.3, 0.4) is 0 Å². The van der Waals surface area contributed by atoms with Gasteiger partial charge in [0.1, 0.15) is 5.82 Å². The molecule has 2 aromatic rings. The third-order valence-corrected chi connectivity index (χ3v) is 7.72. The topological polar surface area (TPSA) is 66.5 Å². The second-order valence-corrected chi connectivity index (χ2v) is 9.96. The number of anilines is 1. The van der Waals surface area contributed by atoms with Crippen LogP contribution in [0, 0.1) is 5.82 Å². The molecule has 1 saturated heterocycles. The summed E-state index contributed by atoms with van der Waals surface area (Å²) in [4.78, 5) is 12.5. The van der Waals surface area contributed by atoms with E-state index < -0.39 is 10.0 Å². The zero-order chi connectivity index (χ0) is 20.1. The largest absolute Gasteiger partial charge is 0.325 e. The number of hydrogen-bond acceptors (Lipinski definition) is 4. The first-order valence-electron chi connectivity index (χ1n) is 9.13. The lowest BCUT2D eigenvalue weighted by Gasteiger charge is -2.16. The van der Waals surface area contributed by atoms with Crippen molar-refractivity contribution in [1.29, 1.82) is 0 Å². The van der Waals surface area contributed by atoms with Crippen LogP contribution in [0.15, 0.2) is 53.4 Å². The Kier molecular flexibility index (Phi) is 6.74. The van der Waals surface area contributed by atoms with Gasteiger partial charge < -0.3 is 5.32 Å². The number of thioether (sulfide) groups is 1. The molecule has 1 fully saturated rings. The van der Waals surface area contributed by atoms with E-state index in [-0.39, 0.29) is 27.6 Å². The number of sulfonamides is 1. The molecule has 1 unspecified atom stereocenters. The van der Waals surface area contributed by atoms with Crippen molar-refractivity contribution >= 4 is 33.4 Å². The number of nitrogens with one attached hydrogen (secondary N) is 1. The predicted octanol–water partition coefficient (Wildman–Crippen LogP) is 4.04. The molecule has 5 nitrogen and oxygen atoms in total. The van der Waals surface area contributed by atoms with Gasteiger partial charge in [-0.2, -0.15) is 4.31 Å². The Hall–Kier alpha value is -1.90. The Balaban J connectivity index is 1.59. The number of rotatable bonds is 7. The molecular formula is C20H23FN2O3S2. The minimum Gasteiger partial charge on any atom is -0.325 e. The van der Waals surface area contributed by atoms with Gasteiger partial charge in [0.25, 0.3) is 0 Å². The van der Waals surface area contributed by atoms with Crippen LogP contribution < -0.4 is 5.32 Å². The highest BCUT2D eigenvalue weighted by Gasteiger charge is 2.27. The maximum absolute atomic E-state index is 13.0. The molecule has 1 N–H and O–H groups in total. The summed E-state index contributed by atoms with van der Waals surface area (Å²) in [6, 6.07) is 12.6. The van der Waals surface area contributed by atoms with Crippen molar-refractivity contribution in [2.24, 2.45) is 0 Å². The maximum atomic E-state index is 13.0. The second kappa shape index (κ2) is 9.07. The molecule has 1 heterocycles. The summed E-state index contributed by atoms with van der Waals surface area (Å²) in [5.74, 6) is -0.293. The van der Waals surface area contributed by atoms with E-state index in [1.54, 1.807) is 30.3 Å². The fourth-order valence-corrected chi connectivity index (χ4v) is 5.43. The van der Waals surface area contributed by atoms with E-state index in [1.165, 1.54) is 34.3 Å². The number of nitrogens with zero attached hydrogens (tertiary/aromatic N) is 1. The molecule has 1 aliphatic heterocycles. The van der Waals surface area contributed by atoms with Gasteiger partial charge in [0, 0.05) is 24.0 Å². The number of halogens is 1. The SMILES string of the molecule is CC(SCC(=O)Nc1cccc(S(=O)(=O)N2CCCC2)c1)c1ccc(F)cc1. The van der Waals surface area contributed by atoms with Crippen molar-refractivity contribution in [2.45, 2.75) is 29.9 Å². The minimum absolute atomic E-state index is 0.0354. The summed E-state index contributed by atoms with van der Waals surface area (Å²) in [6.45, 7) is 3.03. The quantitative estimate of drug-likeness (QED) is 0.731. The summed E-state index contributed by atoms with van der Waals surface area (Å²) in [5.41, 5.74) is 1.40. The summed E-state index contributed by atoms with van der Waals surface area (Å²) in [7, 11) is -3.52. The molecular weight excluding hydrogens is 399 g/mol. The molecule has 0 aliphatic carbocycles. The number of carbonyl (C=O) groups excluding carboxylic acids is 1. The second-order valence-electron chi connectivity index (χ2n) is 6.69. The van der Waals surface area contributed by atoms with Crippen LogP contribution in [0.25, 0.3) is 0 Å². The summed E-state index contributed by atoms with van der Waals surface area (Å²) in [5, 5.41) is 2.79. The fraction of sp³-hybridized carbons (Fsp3) is 0.350. The summed E-state index contributed by atoms with van der Waals surface area (Å²) >= 11 is 1.43. The normalized spacial score (nSPS) is 16.1. The zero-order valence-corrected chi connectivity index (χ0v) is 17.2. The number of hydrogen-bond donors (Lipinski definition) is 1. The lowest BCUT2D eigenvalue weighted by atomic mass is 10.2. The Morgan fingerprint density at radius 1 is 1.18 bits per heavy atom. The average Bonchev–Trinajstić information content (AvgIpc) is 3.22. The number of carbonyl (C=O) groups is 1. The van der Waals surface area contributed by atoms with Gasteiger partial charge in [-0.05, 0) is 55.7 Å². The number of amides is 1. The Bertz CT molecular complexity index is 927. The van der Waals surface area contributed by atoms with Crippen LogP contribution >= 0.6 is 11.8 Å². The number of benzene rings is 2. The van der Waals surface area contributed by atoms with Gasteiger partial charge in [0.2, 0.25) is 15.9 Å². The van der Waals surface area contributed by atoms with Crippen LogP contribution in [0.5, 0.6) is 0 Å². The highest BCUT2D eigenvalue weighted by Crippen LogP contribution is 2.28. The summed E-state index contributed by atoms with van der Waals surface area (Å²) < 4.78 is 39.8. The zero-order valence-electron chi connectivity index (χ0n) is 15.6. The van der Waals surface area contributed by atoms with E-state index in [2.05, 4.69) is 5.32 Å². The van der Waals surface area contributed by atoms with Crippen LogP contribution in [0.1, 0.15) is 30.6 Å². The first kappa shape index (κ1) is 20.8. The first-order chi connectivity index (χ1) is 13.4. The van der Waals surface area contributed by atoms with Crippen LogP contribution in [0.2, 0.25) is 0 Å². The molecule has 0 aromatic heterocycles. The van der Waals surface area contributed by atoms with Crippen molar-refractivity contribution < 1.29 is 17.6 Å². The fourth-order valence-electron chi connectivity index (χ4n) is 3.04. The van der Waals surface area contributed by atoms with E-state index in [1.807, 2.05) is 6.92 Å². The van der Waals surface area contributed by atoms with E-state index in [4.69, 9.17) is 0 Å². The average molecular weight is 423 g/mol. The molecule has 0 radical (unpaired) electrons. The maximum Gasteiger partial charge on any atom is 0.243 e. The molecule has 3 rings (SSSR count). The van der Waals surface area contributed by atoms with Crippen molar-refractivity contribution in [3.8, 4) is 0 Å². The Morgan fingerprint density at radius 2 is 1.86 bits per heavy atom. The van der Waals surface area contributed by atoms with Gasteiger partial charge >= 0.3 is 0 Å². The first-order valence-corrected chi connectivity index (χ1v) is 11.6. The predicted molar refractivity (Wildman–Crippen MR) is 110 cm³/mol. The lowest BCUT2D eigenvalue weighted by molar-refractivity contribution is -0.113. The third kappa shape index (κ3) is 5.12. The highest BCUT2D eigenvalue weighted by atomic mass is 32.2. The summed E-state index contributed by atoms with van der Waals surface area (Å²) in [6.07, 6.45) is 1.75. The Labute approximate surface area is 169 Å². The molecule has 8 heteroatoms. The third-order valence-electron chi connectivity index (χ3n) is 4.62. The van der Waals surface area contributed by atoms with Gasteiger partial charge in [-0.3, -0.25) is 4.79 Å². The lowest BCUT2D eigenvalue weighted by Crippen LogP contribution is -2.28. The van der Waals surface area contributed by atoms with Crippen molar-refractivity contribution in [2.75, 3.05) is 24.2 Å². The molecule has 0 spiro atoms. The van der Waals surface area contributed by atoms with Crippen molar-refractivity contribution in [3.05, 3.63) is 59.9 Å². The van der Waals surface area contributed by atoms with Gasteiger partial charge in [-0.1, -0.05) is 18.2 Å². The standard InChI is InChI=1S/C20H23FN2O3S2/c1-15(16-7-9-17(21)10-8-16)27-14-20(24)22-18-5-4-6-19(13-18)28(25,26)23-11-2-3-12-23/h4-10,13,15H,2-3,11-12,14H2,1H3,(H,22,24). The molecule has 1 amide bonds. The molecule has 150 valence electrons. The van der Waals surface area contributed by atoms with Crippen LogP contribution in [-0.2, 0) is 14.8 Å². The monoisotopic (exact) mass is 422 g/mol. The minimum atomic E-state index is -3.52. The van der Waals surface area contributed by atoms with E-state index in [9.17, 15) is 17.6 Å². The molecule has 28 heavy (non-hydrogen) atoms. The van der Waals surface area contributed by atoms with Crippen LogP contribution in [-0.4, -0.2) is 37.5 Å². The van der Waals surface area contributed by atoms with Crippen molar-refractivity contribution in [1.82, 2.24) is 4.31 Å². The smallest absolute Gasteiger partial charge is 0.243 e. The van der Waals surface area contributed by atoms with Gasteiger partial charge in [-0.25, -0.2) is 12.8 Å². The Morgan fingerprint density at radius 3 is 2.54 bits per heavy atom. The molecule has 1 aliphatic rings. The molecule has 0 bridgehead atoms. The van der Waals surface area contributed by atoms with E-state index in [0.717, 1.165) is 18.4 Å². The highest BCUT2D eigenvalue weighted by molar-refractivity contribution is 8.00. The molecule has 2 aromatic carbocycles. The van der Waals surface area contributed by atoms with Gasteiger partial charge in [0.05, 0.1) is 10.6 Å². The van der Waals surface area contributed by atoms with E-state index >= 15 is 0 Å². The molecule has 1 atom stereocenters.